The molecule has 0 bridgehead atoms. The van der Waals surface area contributed by atoms with E-state index in [0.29, 0.717) is 11.7 Å². The molecule has 0 saturated heterocycles. The van der Waals surface area contributed by atoms with Crippen LogP contribution >= 0.6 is 27.5 Å². The van der Waals surface area contributed by atoms with Crippen molar-refractivity contribution < 1.29 is 4.74 Å². The van der Waals surface area contributed by atoms with Crippen molar-refractivity contribution in [1.29, 1.82) is 0 Å². The fraction of sp³-hybridized carbons (Fsp3) is 0. The molecule has 0 saturated carbocycles. The highest BCUT2D eigenvalue weighted by atomic mass is 79.9. The van der Waals surface area contributed by atoms with E-state index in [4.69, 9.17) is 16.3 Å². The Hall–Kier alpha value is -1.99. The standard InChI is InChI=1S/C12H7BrClN5O/c13-8-1-3-9(4-2-8)20-12-17-10(14)16-11(18-12)19-6-5-15-7-19/h1-7H. The Morgan fingerprint density at radius 1 is 1.10 bits per heavy atom. The molecule has 0 atom stereocenters. The maximum Gasteiger partial charge on any atom is 0.328 e. The predicted molar refractivity (Wildman–Crippen MR) is 76.2 cm³/mol. The molecule has 0 amide bonds. The minimum absolute atomic E-state index is 0.0517. The summed E-state index contributed by atoms with van der Waals surface area (Å²) in [5.74, 6) is 0.946. The smallest absolute Gasteiger partial charge is 0.328 e. The van der Waals surface area contributed by atoms with E-state index in [1.54, 1.807) is 35.4 Å². The van der Waals surface area contributed by atoms with Gasteiger partial charge in [-0.2, -0.15) is 15.0 Å². The molecule has 0 N–H and O–H groups in total. The number of imidazole rings is 1. The first-order valence-electron chi connectivity index (χ1n) is 5.54. The van der Waals surface area contributed by atoms with Crippen molar-refractivity contribution in [3.63, 3.8) is 0 Å². The molecule has 2 aromatic heterocycles. The third-order valence-corrected chi connectivity index (χ3v) is 3.03. The molecule has 100 valence electrons. The molecule has 2 heterocycles. The minimum atomic E-state index is 0.0517. The van der Waals surface area contributed by atoms with Crippen LogP contribution < -0.4 is 4.74 Å². The summed E-state index contributed by atoms with van der Waals surface area (Å²) in [4.78, 5) is 16.0. The lowest BCUT2D eigenvalue weighted by Crippen LogP contribution is -2.03. The van der Waals surface area contributed by atoms with Gasteiger partial charge in [0.05, 0.1) is 0 Å². The van der Waals surface area contributed by atoms with Gasteiger partial charge >= 0.3 is 6.01 Å². The van der Waals surface area contributed by atoms with Crippen LogP contribution in [0.25, 0.3) is 5.95 Å². The van der Waals surface area contributed by atoms with E-state index < -0.39 is 0 Å². The lowest BCUT2D eigenvalue weighted by Gasteiger charge is -2.06. The van der Waals surface area contributed by atoms with Crippen LogP contribution in [0, 0.1) is 0 Å². The number of halogens is 2. The van der Waals surface area contributed by atoms with Crippen molar-refractivity contribution >= 4 is 27.5 Å². The molecule has 6 nitrogen and oxygen atoms in total. The zero-order valence-corrected chi connectivity index (χ0v) is 12.3. The van der Waals surface area contributed by atoms with Gasteiger partial charge in [-0.3, -0.25) is 4.57 Å². The summed E-state index contributed by atoms with van der Waals surface area (Å²) in [6, 6.07) is 7.41. The van der Waals surface area contributed by atoms with Crippen molar-refractivity contribution in [2.45, 2.75) is 0 Å². The molecule has 0 aliphatic heterocycles. The van der Waals surface area contributed by atoms with Gasteiger partial charge in [0.1, 0.15) is 12.1 Å². The van der Waals surface area contributed by atoms with Crippen molar-refractivity contribution in [1.82, 2.24) is 24.5 Å². The zero-order valence-electron chi connectivity index (χ0n) is 9.94. The van der Waals surface area contributed by atoms with E-state index in [0.717, 1.165) is 4.47 Å². The highest BCUT2D eigenvalue weighted by Gasteiger charge is 2.08. The summed E-state index contributed by atoms with van der Waals surface area (Å²) < 4.78 is 8.12. The Bertz CT molecular complexity index is 717. The van der Waals surface area contributed by atoms with Gasteiger partial charge in [-0.05, 0) is 35.9 Å². The molecular formula is C12H7BrClN5O. The second kappa shape index (κ2) is 5.56. The maximum atomic E-state index is 5.87. The Morgan fingerprint density at radius 3 is 2.60 bits per heavy atom. The van der Waals surface area contributed by atoms with Crippen molar-refractivity contribution in [2.24, 2.45) is 0 Å². The normalized spacial score (nSPS) is 10.5. The first-order chi connectivity index (χ1) is 9.70. The van der Waals surface area contributed by atoms with E-state index in [-0.39, 0.29) is 11.3 Å². The summed E-state index contributed by atoms with van der Waals surface area (Å²) in [7, 11) is 0. The van der Waals surface area contributed by atoms with Crippen molar-refractivity contribution in [2.75, 3.05) is 0 Å². The molecule has 0 aliphatic rings. The Morgan fingerprint density at radius 2 is 1.90 bits per heavy atom. The third-order valence-electron chi connectivity index (χ3n) is 2.33. The second-order valence-corrected chi connectivity index (χ2v) is 4.97. The molecular weight excluding hydrogens is 346 g/mol. The number of hydrogen-bond donors (Lipinski definition) is 0. The summed E-state index contributed by atoms with van der Waals surface area (Å²) in [5.41, 5.74) is 0. The zero-order chi connectivity index (χ0) is 13.9. The van der Waals surface area contributed by atoms with Gasteiger partial charge in [-0.25, -0.2) is 4.98 Å². The van der Waals surface area contributed by atoms with E-state index in [9.17, 15) is 0 Å². The molecule has 8 heteroatoms. The van der Waals surface area contributed by atoms with Crippen LogP contribution in [0.1, 0.15) is 0 Å². The maximum absolute atomic E-state index is 5.87. The van der Waals surface area contributed by atoms with Gasteiger partial charge in [0.15, 0.2) is 0 Å². The fourth-order valence-corrected chi connectivity index (χ4v) is 1.88. The molecule has 0 aliphatic carbocycles. The van der Waals surface area contributed by atoms with Gasteiger partial charge in [0.2, 0.25) is 11.2 Å². The molecule has 0 radical (unpaired) electrons. The number of aromatic nitrogens is 5. The van der Waals surface area contributed by atoms with Crippen LogP contribution in [0.5, 0.6) is 11.8 Å². The number of rotatable bonds is 3. The summed E-state index contributed by atoms with van der Waals surface area (Å²) in [5, 5.41) is 0.0517. The number of ether oxygens (including phenoxy) is 1. The largest absolute Gasteiger partial charge is 0.424 e. The Kier molecular flexibility index (Phi) is 3.62. The van der Waals surface area contributed by atoms with Crippen LogP contribution in [-0.2, 0) is 0 Å². The summed E-state index contributed by atoms with van der Waals surface area (Å²) in [6.07, 6.45) is 4.89. The fourth-order valence-electron chi connectivity index (χ4n) is 1.47. The highest BCUT2D eigenvalue weighted by molar-refractivity contribution is 9.10. The number of hydrogen-bond acceptors (Lipinski definition) is 5. The van der Waals surface area contributed by atoms with Crippen LogP contribution in [0.4, 0.5) is 0 Å². The molecule has 0 fully saturated rings. The minimum Gasteiger partial charge on any atom is -0.424 e. The van der Waals surface area contributed by atoms with Crippen LogP contribution in [0.15, 0.2) is 47.5 Å². The molecule has 0 unspecified atom stereocenters. The number of benzene rings is 1. The lowest BCUT2D eigenvalue weighted by atomic mass is 10.3. The lowest BCUT2D eigenvalue weighted by molar-refractivity contribution is 0.438. The Labute approximate surface area is 127 Å². The van der Waals surface area contributed by atoms with Crippen LogP contribution in [0.2, 0.25) is 5.28 Å². The predicted octanol–water partition coefficient (Wildman–Crippen LogP) is 3.27. The SMILES string of the molecule is Clc1nc(Oc2ccc(Br)cc2)nc(-n2ccnc2)n1. The van der Waals surface area contributed by atoms with E-state index in [1.807, 2.05) is 12.1 Å². The van der Waals surface area contributed by atoms with Gasteiger partial charge in [0, 0.05) is 16.9 Å². The average molecular weight is 353 g/mol. The average Bonchev–Trinajstić information content (AvgIpc) is 2.95. The number of nitrogens with zero attached hydrogens (tertiary/aromatic N) is 5. The van der Waals surface area contributed by atoms with Crippen LogP contribution in [-0.4, -0.2) is 24.5 Å². The first-order valence-corrected chi connectivity index (χ1v) is 6.71. The highest BCUT2D eigenvalue weighted by Crippen LogP contribution is 2.21. The summed E-state index contributed by atoms with van der Waals surface area (Å²) >= 11 is 9.23. The first kappa shape index (κ1) is 13.0. The third kappa shape index (κ3) is 2.94. The molecule has 20 heavy (non-hydrogen) atoms. The van der Waals surface area contributed by atoms with Crippen molar-refractivity contribution in [3.05, 3.63) is 52.7 Å². The molecule has 0 spiro atoms. The van der Waals surface area contributed by atoms with E-state index >= 15 is 0 Å². The topological polar surface area (TPSA) is 65.7 Å². The monoisotopic (exact) mass is 351 g/mol. The Balaban J connectivity index is 1.92. The van der Waals surface area contributed by atoms with Gasteiger partial charge in [0.25, 0.3) is 0 Å². The van der Waals surface area contributed by atoms with Gasteiger partial charge < -0.3 is 4.74 Å². The van der Waals surface area contributed by atoms with Crippen molar-refractivity contribution in [3.8, 4) is 17.7 Å². The van der Waals surface area contributed by atoms with E-state index in [1.165, 1.54) is 0 Å². The molecule has 3 aromatic rings. The molecule has 3 rings (SSSR count). The van der Waals surface area contributed by atoms with Gasteiger partial charge in [-0.15, -0.1) is 0 Å². The van der Waals surface area contributed by atoms with Gasteiger partial charge in [-0.1, -0.05) is 15.9 Å². The summed E-state index contributed by atoms with van der Waals surface area (Å²) in [6.45, 7) is 0. The van der Waals surface area contributed by atoms with E-state index in [2.05, 4.69) is 35.9 Å². The molecule has 1 aromatic carbocycles. The quantitative estimate of drug-likeness (QED) is 0.724. The second-order valence-electron chi connectivity index (χ2n) is 3.71. The van der Waals surface area contributed by atoms with Crippen LogP contribution in [0.3, 0.4) is 0 Å².